The van der Waals surface area contributed by atoms with E-state index in [-0.39, 0.29) is 24.0 Å². The van der Waals surface area contributed by atoms with Crippen molar-refractivity contribution >= 4 is 39.6 Å². The number of amides is 1. The minimum atomic E-state index is -1.72. The lowest BCUT2D eigenvalue weighted by atomic mass is 10.2. The second-order valence-electron chi connectivity index (χ2n) is 5.41. The lowest BCUT2D eigenvalue weighted by Gasteiger charge is -2.20. The highest BCUT2D eigenvalue weighted by atomic mass is 79.9. The van der Waals surface area contributed by atoms with Crippen LogP contribution in [0.15, 0.2) is 57.9 Å². The van der Waals surface area contributed by atoms with Crippen molar-refractivity contribution in [2.75, 3.05) is 12.9 Å². The van der Waals surface area contributed by atoms with Gasteiger partial charge in [-0.1, -0.05) is 38.6 Å². The highest BCUT2D eigenvalue weighted by Crippen LogP contribution is 2.22. The summed E-state index contributed by atoms with van der Waals surface area (Å²) in [5.41, 5.74) is 0.570. The number of thioether (sulfide) groups is 1. The summed E-state index contributed by atoms with van der Waals surface area (Å²) in [4.78, 5) is 25.6. The number of carbonyl (C=O) groups is 2. The average Bonchev–Trinajstić information content (AvgIpc) is 2.67. The number of esters is 1. The maximum atomic E-state index is 14.5. The number of ether oxygens (including phenoxy) is 2. The molecule has 144 valence electrons. The van der Waals surface area contributed by atoms with Gasteiger partial charge in [-0.15, -0.1) is 11.8 Å². The number of carbonyl (C=O) groups excluding carboxylic acids is 2. The number of rotatable bonds is 8. The minimum Gasteiger partial charge on any atom is -0.469 e. The normalized spacial score (nSPS) is 11.6. The van der Waals surface area contributed by atoms with Crippen molar-refractivity contribution in [2.45, 2.75) is 24.5 Å². The first-order valence-electron chi connectivity index (χ1n) is 8.13. The smallest absolute Gasteiger partial charge is 0.357 e. The van der Waals surface area contributed by atoms with Gasteiger partial charge in [0.15, 0.2) is 0 Å². The molecule has 0 radical (unpaired) electrons. The van der Waals surface area contributed by atoms with Crippen LogP contribution in [0, 0.1) is 0 Å². The van der Waals surface area contributed by atoms with Crippen molar-refractivity contribution in [1.82, 2.24) is 5.12 Å². The summed E-state index contributed by atoms with van der Waals surface area (Å²) < 4.78 is 25.7. The summed E-state index contributed by atoms with van der Waals surface area (Å²) in [7, 11) is 0. The Labute approximate surface area is 169 Å². The van der Waals surface area contributed by atoms with Gasteiger partial charge in [-0.25, -0.2) is 4.79 Å². The van der Waals surface area contributed by atoms with E-state index in [1.807, 2.05) is 12.3 Å². The molecule has 0 heterocycles. The molecular weight excluding hydrogens is 437 g/mol. The molecule has 0 fully saturated rings. The van der Waals surface area contributed by atoms with Gasteiger partial charge in [-0.05, 0) is 49.1 Å². The molecule has 27 heavy (non-hydrogen) atoms. The molecule has 0 bridgehead atoms. The van der Waals surface area contributed by atoms with E-state index in [0.717, 1.165) is 9.37 Å². The van der Waals surface area contributed by atoms with Crippen molar-refractivity contribution in [2.24, 2.45) is 0 Å². The Morgan fingerprint density at radius 1 is 1.22 bits per heavy atom. The van der Waals surface area contributed by atoms with Gasteiger partial charge in [0.05, 0.1) is 13.2 Å². The molecule has 0 aromatic heterocycles. The maximum Gasteiger partial charge on any atom is 0.357 e. The summed E-state index contributed by atoms with van der Waals surface area (Å²) in [5.74, 6) is -1.77. The summed E-state index contributed by atoms with van der Waals surface area (Å²) >= 11 is 4.77. The van der Waals surface area contributed by atoms with Crippen LogP contribution in [0.2, 0.25) is 0 Å². The van der Waals surface area contributed by atoms with Crippen LogP contribution in [-0.4, -0.2) is 36.0 Å². The lowest BCUT2D eigenvalue weighted by molar-refractivity contribution is -0.168. The van der Waals surface area contributed by atoms with E-state index < -0.39 is 18.0 Å². The highest BCUT2D eigenvalue weighted by Gasteiger charge is 2.35. The number of hydrogen-bond donors (Lipinski definition) is 0. The van der Waals surface area contributed by atoms with Gasteiger partial charge in [-0.2, -0.15) is 5.12 Å². The molecule has 0 N–H and O–H groups in total. The average molecular weight is 456 g/mol. The fourth-order valence-electron chi connectivity index (χ4n) is 2.18. The van der Waals surface area contributed by atoms with Gasteiger partial charge < -0.3 is 9.47 Å². The molecular formula is C19H19BrFNO4S. The van der Waals surface area contributed by atoms with Gasteiger partial charge in [0.2, 0.25) is 0 Å². The van der Waals surface area contributed by atoms with Gasteiger partial charge in [-0.3, -0.25) is 4.79 Å². The Hall–Kier alpha value is -2.06. The van der Waals surface area contributed by atoms with Crippen molar-refractivity contribution in [3.8, 4) is 5.75 Å². The highest BCUT2D eigenvalue weighted by molar-refractivity contribution is 9.10. The molecule has 0 aliphatic rings. The van der Waals surface area contributed by atoms with Crippen LogP contribution in [0.3, 0.4) is 0 Å². The zero-order valence-electron chi connectivity index (χ0n) is 14.9. The quantitative estimate of drug-likeness (QED) is 0.255. The van der Waals surface area contributed by atoms with E-state index in [1.165, 1.54) is 11.8 Å². The molecule has 1 atom stereocenters. The third-order valence-electron chi connectivity index (χ3n) is 3.49. The molecule has 0 spiro atoms. The topological polar surface area (TPSA) is 55.8 Å². The number of nitrogens with zero attached hydrogens (tertiary/aromatic N) is 1. The summed E-state index contributed by atoms with van der Waals surface area (Å²) in [6.45, 7) is 1.34. The van der Waals surface area contributed by atoms with Gasteiger partial charge >= 0.3 is 11.9 Å². The molecule has 8 heteroatoms. The Bertz CT molecular complexity index is 788. The molecule has 1 unspecified atom stereocenters. The van der Waals surface area contributed by atoms with Crippen molar-refractivity contribution < 1.29 is 23.5 Å². The zero-order valence-corrected chi connectivity index (χ0v) is 17.3. The third-order valence-corrected chi connectivity index (χ3v) is 4.75. The maximum absolute atomic E-state index is 14.5. The Balaban J connectivity index is 2.16. The molecule has 0 aliphatic heterocycles. The SMILES string of the molecule is CCOC(=O)C(Oc1cccc(SC)c1)C(=O)N(F)Cc1ccc(Br)cc1. The van der Waals surface area contributed by atoms with Crippen molar-refractivity contribution in [3.05, 3.63) is 58.6 Å². The van der Waals surface area contributed by atoms with E-state index in [2.05, 4.69) is 15.9 Å². The first-order valence-corrected chi connectivity index (χ1v) is 10.1. The van der Waals surface area contributed by atoms with Crippen LogP contribution in [0.1, 0.15) is 12.5 Å². The molecule has 2 aromatic carbocycles. The Kier molecular flexibility index (Phi) is 8.12. The van der Waals surface area contributed by atoms with E-state index in [9.17, 15) is 14.1 Å². The fourth-order valence-corrected chi connectivity index (χ4v) is 2.90. The predicted octanol–water partition coefficient (Wildman–Crippen LogP) is 4.39. The van der Waals surface area contributed by atoms with Crippen LogP contribution < -0.4 is 4.74 Å². The molecule has 0 saturated carbocycles. The summed E-state index contributed by atoms with van der Waals surface area (Å²) in [6, 6.07) is 13.7. The minimum absolute atomic E-state index is 0.0384. The first kappa shape index (κ1) is 21.2. The van der Waals surface area contributed by atoms with Crippen LogP contribution in [0.4, 0.5) is 4.48 Å². The van der Waals surface area contributed by atoms with E-state index in [0.29, 0.717) is 5.56 Å². The van der Waals surface area contributed by atoms with Crippen LogP contribution in [-0.2, 0) is 20.9 Å². The molecule has 0 aliphatic carbocycles. The van der Waals surface area contributed by atoms with Gasteiger partial charge in [0, 0.05) is 9.37 Å². The standard InChI is InChI=1S/C19H19BrFNO4S/c1-3-25-19(24)17(26-15-5-4-6-16(11-15)27-2)18(23)22(21)12-13-7-9-14(20)10-8-13/h4-11,17H,3,12H2,1-2H3. The van der Waals surface area contributed by atoms with Gasteiger partial charge in [0.25, 0.3) is 6.10 Å². The van der Waals surface area contributed by atoms with E-state index >= 15 is 0 Å². The fraction of sp³-hybridized carbons (Fsp3) is 0.263. The van der Waals surface area contributed by atoms with Crippen LogP contribution in [0.5, 0.6) is 5.75 Å². The van der Waals surface area contributed by atoms with Crippen LogP contribution >= 0.6 is 27.7 Å². The zero-order chi connectivity index (χ0) is 19.8. The third kappa shape index (κ3) is 6.25. The Morgan fingerprint density at radius 3 is 2.56 bits per heavy atom. The number of hydrogen-bond acceptors (Lipinski definition) is 5. The second-order valence-corrected chi connectivity index (χ2v) is 7.21. The summed E-state index contributed by atoms with van der Waals surface area (Å²) in [6.07, 6.45) is 0.164. The molecule has 1 amide bonds. The van der Waals surface area contributed by atoms with Crippen molar-refractivity contribution in [3.63, 3.8) is 0 Å². The molecule has 5 nitrogen and oxygen atoms in total. The molecule has 2 rings (SSSR count). The van der Waals surface area contributed by atoms with E-state index in [4.69, 9.17) is 9.47 Å². The molecule has 2 aromatic rings. The largest absolute Gasteiger partial charge is 0.469 e. The predicted molar refractivity (Wildman–Crippen MR) is 105 cm³/mol. The van der Waals surface area contributed by atoms with Crippen LogP contribution in [0.25, 0.3) is 0 Å². The van der Waals surface area contributed by atoms with Gasteiger partial charge in [0.1, 0.15) is 5.75 Å². The first-order chi connectivity index (χ1) is 12.9. The van der Waals surface area contributed by atoms with Crippen molar-refractivity contribution in [1.29, 1.82) is 0 Å². The monoisotopic (exact) mass is 455 g/mol. The summed E-state index contributed by atoms with van der Waals surface area (Å²) in [5, 5.41) is -0.0384. The second kappa shape index (κ2) is 10.3. The van der Waals surface area contributed by atoms with E-state index in [1.54, 1.807) is 49.4 Å². The Morgan fingerprint density at radius 2 is 1.93 bits per heavy atom. The lowest BCUT2D eigenvalue weighted by Crippen LogP contribution is -2.43. The molecule has 0 saturated heterocycles. The number of halogens is 2. The number of benzene rings is 2.